The van der Waals surface area contributed by atoms with E-state index >= 15 is 0 Å². The van der Waals surface area contributed by atoms with Gasteiger partial charge in [-0.3, -0.25) is 4.79 Å². The standard InChI is InChI=1S/C19H24ClN5O/c1-2-24-10-12-25(13-11-24)19(26)17-6-7-18(23-22-17)21-9-8-15-4-3-5-16(20)14-15/h3-7,14H,2,8-13H2,1H3,(H,21,23). The van der Waals surface area contributed by atoms with E-state index in [0.717, 1.165) is 56.3 Å². The van der Waals surface area contributed by atoms with Crippen molar-refractivity contribution in [1.29, 1.82) is 0 Å². The number of nitrogens with zero attached hydrogens (tertiary/aromatic N) is 4. The molecule has 1 fully saturated rings. The molecule has 1 aromatic carbocycles. The Labute approximate surface area is 159 Å². The van der Waals surface area contributed by atoms with Crippen LogP contribution in [-0.4, -0.2) is 65.2 Å². The zero-order chi connectivity index (χ0) is 18.4. The van der Waals surface area contributed by atoms with Crippen molar-refractivity contribution in [3.8, 4) is 0 Å². The molecule has 0 bridgehead atoms. The minimum atomic E-state index is -0.0428. The van der Waals surface area contributed by atoms with E-state index in [-0.39, 0.29) is 5.91 Å². The second-order valence-electron chi connectivity index (χ2n) is 6.34. The van der Waals surface area contributed by atoms with E-state index in [2.05, 4.69) is 27.3 Å². The Hall–Kier alpha value is -2.18. The molecule has 2 heterocycles. The number of carbonyl (C=O) groups excluding carboxylic acids is 1. The first kappa shape index (κ1) is 18.6. The fourth-order valence-electron chi connectivity index (χ4n) is 3.00. The van der Waals surface area contributed by atoms with Gasteiger partial charge in [-0.1, -0.05) is 30.7 Å². The van der Waals surface area contributed by atoms with Gasteiger partial charge >= 0.3 is 0 Å². The summed E-state index contributed by atoms with van der Waals surface area (Å²) in [5.41, 5.74) is 1.56. The predicted octanol–water partition coefficient (Wildman–Crippen LogP) is 2.56. The van der Waals surface area contributed by atoms with Gasteiger partial charge in [0.05, 0.1) is 0 Å². The molecule has 1 aliphatic rings. The predicted molar refractivity (Wildman–Crippen MR) is 104 cm³/mol. The molecule has 1 N–H and O–H groups in total. The van der Waals surface area contributed by atoms with Crippen molar-refractivity contribution in [2.75, 3.05) is 44.6 Å². The SMILES string of the molecule is CCN1CCN(C(=O)c2ccc(NCCc3cccc(Cl)c3)nn2)CC1. The molecule has 2 aromatic rings. The number of hydrogen-bond donors (Lipinski definition) is 1. The quantitative estimate of drug-likeness (QED) is 0.843. The van der Waals surface area contributed by atoms with E-state index in [1.54, 1.807) is 12.1 Å². The summed E-state index contributed by atoms with van der Waals surface area (Å²) in [5.74, 6) is 0.623. The van der Waals surface area contributed by atoms with Gasteiger partial charge in [0.15, 0.2) is 5.69 Å². The van der Waals surface area contributed by atoms with Crippen LogP contribution in [0, 0.1) is 0 Å². The largest absolute Gasteiger partial charge is 0.368 e. The fourth-order valence-corrected chi connectivity index (χ4v) is 3.21. The summed E-state index contributed by atoms with van der Waals surface area (Å²) in [6.45, 7) is 7.21. The molecule has 0 saturated carbocycles. The first-order chi connectivity index (χ1) is 12.7. The van der Waals surface area contributed by atoms with Crippen molar-refractivity contribution >= 4 is 23.3 Å². The second kappa shape index (κ2) is 8.96. The Morgan fingerprint density at radius 1 is 1.15 bits per heavy atom. The lowest BCUT2D eigenvalue weighted by Crippen LogP contribution is -2.48. The second-order valence-corrected chi connectivity index (χ2v) is 6.77. The number of amides is 1. The van der Waals surface area contributed by atoms with Gasteiger partial charge in [0.2, 0.25) is 0 Å². The van der Waals surface area contributed by atoms with Gasteiger partial charge in [0, 0.05) is 37.7 Å². The summed E-state index contributed by atoms with van der Waals surface area (Å²) in [6, 6.07) is 11.3. The summed E-state index contributed by atoms with van der Waals surface area (Å²) in [5, 5.41) is 12.2. The van der Waals surface area contributed by atoms with E-state index in [4.69, 9.17) is 11.6 Å². The van der Waals surface area contributed by atoms with Gasteiger partial charge in [0.1, 0.15) is 5.82 Å². The van der Waals surface area contributed by atoms with Gasteiger partial charge in [-0.2, -0.15) is 0 Å². The topological polar surface area (TPSA) is 61.4 Å². The molecule has 26 heavy (non-hydrogen) atoms. The normalized spacial score (nSPS) is 15.1. The highest BCUT2D eigenvalue weighted by atomic mass is 35.5. The average Bonchev–Trinajstić information content (AvgIpc) is 2.68. The molecule has 0 unspecified atom stereocenters. The van der Waals surface area contributed by atoms with Crippen LogP contribution in [0.15, 0.2) is 36.4 Å². The Morgan fingerprint density at radius 3 is 2.62 bits per heavy atom. The Morgan fingerprint density at radius 2 is 1.96 bits per heavy atom. The first-order valence-electron chi connectivity index (χ1n) is 8.99. The van der Waals surface area contributed by atoms with Crippen LogP contribution in [0.1, 0.15) is 23.0 Å². The summed E-state index contributed by atoms with van der Waals surface area (Å²) >= 11 is 5.99. The lowest BCUT2D eigenvalue weighted by Gasteiger charge is -2.33. The number of rotatable bonds is 6. The summed E-state index contributed by atoms with van der Waals surface area (Å²) in [6.07, 6.45) is 0.838. The van der Waals surface area contributed by atoms with Crippen LogP contribution in [0.5, 0.6) is 0 Å². The summed E-state index contributed by atoms with van der Waals surface area (Å²) in [7, 11) is 0. The summed E-state index contributed by atoms with van der Waals surface area (Å²) < 4.78 is 0. The minimum absolute atomic E-state index is 0.0428. The number of nitrogens with one attached hydrogen (secondary N) is 1. The monoisotopic (exact) mass is 373 g/mol. The molecule has 1 aliphatic heterocycles. The van der Waals surface area contributed by atoms with E-state index in [1.807, 2.05) is 29.2 Å². The lowest BCUT2D eigenvalue weighted by molar-refractivity contribution is 0.0636. The number of benzene rings is 1. The van der Waals surface area contributed by atoms with Crippen molar-refractivity contribution in [3.63, 3.8) is 0 Å². The molecule has 6 nitrogen and oxygen atoms in total. The molecule has 0 radical (unpaired) electrons. The molecule has 1 amide bonds. The Kier molecular flexibility index (Phi) is 6.41. The van der Waals surface area contributed by atoms with Gasteiger partial charge in [0.25, 0.3) is 5.91 Å². The molecule has 3 rings (SSSR count). The molecular weight excluding hydrogens is 350 g/mol. The van der Waals surface area contributed by atoms with Crippen LogP contribution in [0.4, 0.5) is 5.82 Å². The fraction of sp³-hybridized carbons (Fsp3) is 0.421. The number of carbonyl (C=O) groups is 1. The number of halogens is 1. The van der Waals surface area contributed by atoms with Gasteiger partial charge < -0.3 is 15.1 Å². The number of piperazine rings is 1. The molecule has 0 spiro atoms. The molecule has 7 heteroatoms. The van der Waals surface area contributed by atoms with Crippen LogP contribution in [0.3, 0.4) is 0 Å². The third-order valence-corrected chi connectivity index (χ3v) is 4.83. The maximum atomic E-state index is 12.5. The number of aromatic nitrogens is 2. The maximum absolute atomic E-state index is 12.5. The van der Waals surface area contributed by atoms with E-state index in [9.17, 15) is 4.79 Å². The third kappa shape index (κ3) is 4.93. The molecule has 138 valence electrons. The molecule has 1 saturated heterocycles. The number of anilines is 1. The zero-order valence-corrected chi connectivity index (χ0v) is 15.7. The van der Waals surface area contributed by atoms with Crippen molar-refractivity contribution < 1.29 is 4.79 Å². The van der Waals surface area contributed by atoms with Crippen LogP contribution >= 0.6 is 11.6 Å². The van der Waals surface area contributed by atoms with E-state index in [0.29, 0.717) is 11.5 Å². The van der Waals surface area contributed by atoms with Crippen LogP contribution in [-0.2, 0) is 6.42 Å². The van der Waals surface area contributed by atoms with Crippen LogP contribution in [0.2, 0.25) is 5.02 Å². The lowest BCUT2D eigenvalue weighted by atomic mass is 10.1. The Balaban J connectivity index is 1.49. The number of likely N-dealkylation sites (N-methyl/N-ethyl adjacent to an activating group) is 1. The smallest absolute Gasteiger partial charge is 0.274 e. The van der Waals surface area contributed by atoms with Crippen LogP contribution in [0.25, 0.3) is 0 Å². The number of hydrogen-bond acceptors (Lipinski definition) is 5. The molecule has 0 atom stereocenters. The molecular formula is C19H24ClN5O. The third-order valence-electron chi connectivity index (χ3n) is 4.60. The zero-order valence-electron chi connectivity index (χ0n) is 15.0. The van der Waals surface area contributed by atoms with Crippen molar-refractivity contribution in [1.82, 2.24) is 20.0 Å². The van der Waals surface area contributed by atoms with Gasteiger partial charge in [-0.25, -0.2) is 0 Å². The van der Waals surface area contributed by atoms with Gasteiger partial charge in [-0.05, 0) is 42.8 Å². The van der Waals surface area contributed by atoms with Crippen molar-refractivity contribution in [2.45, 2.75) is 13.3 Å². The molecule has 0 aliphatic carbocycles. The highest BCUT2D eigenvalue weighted by molar-refractivity contribution is 6.30. The Bertz CT molecular complexity index is 729. The minimum Gasteiger partial charge on any atom is -0.368 e. The first-order valence-corrected chi connectivity index (χ1v) is 9.37. The molecule has 1 aromatic heterocycles. The van der Waals surface area contributed by atoms with Gasteiger partial charge in [-0.15, -0.1) is 10.2 Å². The highest BCUT2D eigenvalue weighted by Gasteiger charge is 2.22. The maximum Gasteiger partial charge on any atom is 0.274 e. The van der Waals surface area contributed by atoms with E-state index < -0.39 is 0 Å². The van der Waals surface area contributed by atoms with Crippen molar-refractivity contribution in [3.05, 3.63) is 52.7 Å². The summed E-state index contributed by atoms with van der Waals surface area (Å²) in [4.78, 5) is 16.7. The highest BCUT2D eigenvalue weighted by Crippen LogP contribution is 2.12. The van der Waals surface area contributed by atoms with Crippen molar-refractivity contribution in [2.24, 2.45) is 0 Å². The van der Waals surface area contributed by atoms with Crippen LogP contribution < -0.4 is 5.32 Å². The average molecular weight is 374 g/mol. The van der Waals surface area contributed by atoms with E-state index in [1.165, 1.54) is 0 Å².